The van der Waals surface area contributed by atoms with Crippen molar-refractivity contribution in [1.82, 2.24) is 19.2 Å². The summed E-state index contributed by atoms with van der Waals surface area (Å²) in [4.78, 5) is 12.9. The zero-order valence-electron chi connectivity index (χ0n) is 12.0. The molecule has 0 saturated carbocycles. The number of hydrogen-bond acceptors (Lipinski definition) is 4. The summed E-state index contributed by atoms with van der Waals surface area (Å²) in [6.45, 7) is 0.407. The number of nitrogens with zero attached hydrogens (tertiary/aromatic N) is 4. The van der Waals surface area contributed by atoms with Gasteiger partial charge in [-0.1, -0.05) is 46.3 Å². The van der Waals surface area contributed by atoms with Gasteiger partial charge in [-0.3, -0.25) is 9.36 Å². The summed E-state index contributed by atoms with van der Waals surface area (Å²) in [5.74, 6) is 0.695. The maximum absolute atomic E-state index is 12.9. The molecule has 0 fully saturated rings. The first-order valence-corrected chi connectivity index (χ1v) is 7.81. The van der Waals surface area contributed by atoms with Crippen LogP contribution >= 0.6 is 15.9 Å². The Bertz CT molecular complexity index is 1080. The first-order chi connectivity index (χ1) is 11.1. The molecule has 2 heterocycles. The van der Waals surface area contributed by atoms with Crippen molar-refractivity contribution < 1.29 is 0 Å². The fraction of sp³-hybridized carbons (Fsp3) is 0.0625. The summed E-state index contributed by atoms with van der Waals surface area (Å²) >= 11 is 3.41. The largest absolute Gasteiger partial charge is 0.368 e. The second-order valence-corrected chi connectivity index (χ2v) is 6.15. The molecule has 2 N–H and O–H groups in total. The van der Waals surface area contributed by atoms with E-state index in [4.69, 9.17) is 5.73 Å². The lowest BCUT2D eigenvalue weighted by Crippen LogP contribution is -2.24. The van der Waals surface area contributed by atoms with E-state index in [0.717, 1.165) is 10.0 Å². The summed E-state index contributed by atoms with van der Waals surface area (Å²) in [7, 11) is 0. The molecule has 2 aromatic carbocycles. The van der Waals surface area contributed by atoms with Crippen LogP contribution in [0.5, 0.6) is 0 Å². The van der Waals surface area contributed by atoms with E-state index in [1.165, 1.54) is 0 Å². The highest BCUT2D eigenvalue weighted by atomic mass is 79.9. The van der Waals surface area contributed by atoms with Crippen molar-refractivity contribution >= 4 is 38.6 Å². The lowest BCUT2D eigenvalue weighted by Gasteiger charge is -2.11. The Morgan fingerprint density at radius 1 is 1.09 bits per heavy atom. The van der Waals surface area contributed by atoms with Gasteiger partial charge in [-0.15, -0.1) is 10.2 Å². The number of nitrogens with two attached hydrogens (primary N) is 1. The minimum absolute atomic E-state index is 0.120. The summed E-state index contributed by atoms with van der Waals surface area (Å²) in [6, 6.07) is 15.2. The third-order valence-electron chi connectivity index (χ3n) is 3.77. The van der Waals surface area contributed by atoms with Gasteiger partial charge in [-0.25, -0.2) is 4.40 Å². The second-order valence-electron chi connectivity index (χ2n) is 5.23. The molecule has 0 aliphatic rings. The van der Waals surface area contributed by atoms with Crippen LogP contribution in [0.3, 0.4) is 0 Å². The van der Waals surface area contributed by atoms with Gasteiger partial charge in [0, 0.05) is 4.47 Å². The van der Waals surface area contributed by atoms with Crippen LogP contribution in [0, 0.1) is 0 Å². The Morgan fingerprint density at radius 3 is 2.65 bits per heavy atom. The average molecular weight is 370 g/mol. The van der Waals surface area contributed by atoms with Gasteiger partial charge in [-0.05, 0) is 23.8 Å². The lowest BCUT2D eigenvalue weighted by molar-refractivity contribution is 0.767. The van der Waals surface area contributed by atoms with Crippen LogP contribution in [0.25, 0.3) is 16.7 Å². The van der Waals surface area contributed by atoms with Crippen LogP contribution in [-0.2, 0) is 6.54 Å². The Kier molecular flexibility index (Phi) is 3.16. The number of aromatic nitrogens is 4. The third-order valence-corrected chi connectivity index (χ3v) is 4.26. The van der Waals surface area contributed by atoms with Crippen molar-refractivity contribution in [3.05, 3.63) is 68.9 Å². The molecule has 4 rings (SSSR count). The van der Waals surface area contributed by atoms with Crippen LogP contribution < -0.4 is 11.3 Å². The van der Waals surface area contributed by atoms with Crippen molar-refractivity contribution in [2.45, 2.75) is 6.54 Å². The zero-order valence-corrected chi connectivity index (χ0v) is 13.6. The van der Waals surface area contributed by atoms with Crippen LogP contribution in [0.2, 0.25) is 0 Å². The van der Waals surface area contributed by atoms with Gasteiger partial charge in [0.15, 0.2) is 0 Å². The molecule has 0 saturated heterocycles. The number of fused-ring (bicyclic) bond motifs is 3. The molecular weight excluding hydrogens is 358 g/mol. The van der Waals surface area contributed by atoms with Gasteiger partial charge < -0.3 is 5.73 Å². The molecule has 0 atom stereocenters. The standard InChI is InChI=1S/C16H12BrN5O/c17-11-6-7-13-12(8-11)14(23)21(9-10-4-2-1-3-5-10)16-20-19-15(18)22(13)16/h1-8H,9H2,(H2,18,19). The van der Waals surface area contributed by atoms with Gasteiger partial charge in [0.25, 0.3) is 5.56 Å². The summed E-state index contributed by atoms with van der Waals surface area (Å²) < 4.78 is 4.12. The third kappa shape index (κ3) is 2.20. The molecular formula is C16H12BrN5O. The monoisotopic (exact) mass is 369 g/mol. The summed E-state index contributed by atoms with van der Waals surface area (Å²) in [6.07, 6.45) is 0. The highest BCUT2D eigenvalue weighted by Gasteiger charge is 2.15. The quantitative estimate of drug-likeness (QED) is 0.588. The number of rotatable bonds is 2. The van der Waals surface area contributed by atoms with Crippen molar-refractivity contribution in [1.29, 1.82) is 0 Å². The van der Waals surface area contributed by atoms with Gasteiger partial charge in [0.05, 0.1) is 17.4 Å². The molecule has 7 heteroatoms. The van der Waals surface area contributed by atoms with E-state index in [2.05, 4.69) is 26.1 Å². The number of benzene rings is 2. The van der Waals surface area contributed by atoms with Gasteiger partial charge >= 0.3 is 0 Å². The van der Waals surface area contributed by atoms with Crippen LogP contribution in [0.15, 0.2) is 57.8 Å². The summed E-state index contributed by atoms with van der Waals surface area (Å²) in [5, 5.41) is 8.58. The molecule has 4 aromatic rings. The zero-order chi connectivity index (χ0) is 16.0. The minimum atomic E-state index is -0.120. The maximum Gasteiger partial charge on any atom is 0.263 e. The highest BCUT2D eigenvalue weighted by molar-refractivity contribution is 9.10. The first-order valence-electron chi connectivity index (χ1n) is 7.02. The van der Waals surface area contributed by atoms with E-state index in [-0.39, 0.29) is 11.5 Å². The molecule has 0 aliphatic heterocycles. The molecule has 0 unspecified atom stereocenters. The predicted octanol–water partition coefficient (Wildman–Crippen LogP) is 2.44. The van der Waals surface area contributed by atoms with Crippen molar-refractivity contribution in [3.8, 4) is 0 Å². The molecule has 0 bridgehead atoms. The van der Waals surface area contributed by atoms with Gasteiger partial charge in [-0.2, -0.15) is 0 Å². The highest BCUT2D eigenvalue weighted by Crippen LogP contribution is 2.20. The van der Waals surface area contributed by atoms with Crippen molar-refractivity contribution in [2.24, 2.45) is 0 Å². The molecule has 114 valence electrons. The van der Waals surface area contributed by atoms with Crippen LogP contribution in [-0.4, -0.2) is 19.2 Å². The van der Waals surface area contributed by atoms with E-state index < -0.39 is 0 Å². The smallest absolute Gasteiger partial charge is 0.263 e. The fourth-order valence-electron chi connectivity index (χ4n) is 2.71. The normalized spacial score (nSPS) is 11.3. The fourth-order valence-corrected chi connectivity index (χ4v) is 3.07. The molecule has 0 amide bonds. The number of nitrogen functional groups attached to an aromatic ring is 1. The first kappa shape index (κ1) is 14.0. The molecule has 2 aromatic heterocycles. The lowest BCUT2D eigenvalue weighted by atomic mass is 10.2. The van der Waals surface area contributed by atoms with Gasteiger partial charge in [0.1, 0.15) is 0 Å². The Balaban J connectivity index is 2.09. The Labute approximate surface area is 139 Å². The van der Waals surface area contributed by atoms with E-state index in [1.807, 2.05) is 42.5 Å². The number of hydrogen-bond donors (Lipinski definition) is 1. The van der Waals surface area contributed by atoms with E-state index in [0.29, 0.717) is 23.2 Å². The van der Waals surface area contributed by atoms with Crippen molar-refractivity contribution in [2.75, 3.05) is 5.73 Å². The Morgan fingerprint density at radius 2 is 1.87 bits per heavy atom. The number of halogens is 1. The maximum atomic E-state index is 12.9. The molecule has 0 aliphatic carbocycles. The second kappa shape index (κ2) is 5.20. The SMILES string of the molecule is Nc1nnc2n(Cc3ccccc3)c(=O)c3cc(Br)ccc3n12. The van der Waals surface area contributed by atoms with E-state index in [1.54, 1.807) is 15.0 Å². The topological polar surface area (TPSA) is 78.2 Å². The van der Waals surface area contributed by atoms with Gasteiger partial charge in [0.2, 0.25) is 11.7 Å². The number of anilines is 1. The minimum Gasteiger partial charge on any atom is -0.368 e. The molecule has 0 radical (unpaired) electrons. The van der Waals surface area contributed by atoms with E-state index in [9.17, 15) is 4.79 Å². The molecule has 6 nitrogen and oxygen atoms in total. The Hall–Kier alpha value is -2.67. The summed E-state index contributed by atoms with van der Waals surface area (Å²) in [5.41, 5.74) is 7.54. The van der Waals surface area contributed by atoms with Crippen LogP contribution in [0.1, 0.15) is 5.56 Å². The molecule has 0 spiro atoms. The van der Waals surface area contributed by atoms with E-state index >= 15 is 0 Å². The van der Waals surface area contributed by atoms with Crippen molar-refractivity contribution in [3.63, 3.8) is 0 Å². The predicted molar refractivity (Wildman–Crippen MR) is 92.4 cm³/mol. The molecule has 23 heavy (non-hydrogen) atoms. The average Bonchev–Trinajstić information content (AvgIpc) is 2.94. The van der Waals surface area contributed by atoms with Crippen LogP contribution in [0.4, 0.5) is 5.95 Å².